The number of rotatable bonds is 5. The lowest BCUT2D eigenvalue weighted by Crippen LogP contribution is -2.23. The predicted molar refractivity (Wildman–Crippen MR) is 92.3 cm³/mol. The first kappa shape index (κ1) is 15.8. The van der Waals surface area contributed by atoms with Crippen LogP contribution in [0, 0.1) is 21.3 Å². The van der Waals surface area contributed by atoms with E-state index in [9.17, 15) is 9.59 Å². The number of amides is 1. The Kier molecular flexibility index (Phi) is 5.00. The molecule has 1 aromatic rings. The van der Waals surface area contributed by atoms with Crippen LogP contribution in [0.25, 0.3) is 0 Å². The van der Waals surface area contributed by atoms with E-state index in [4.69, 9.17) is 4.74 Å². The Balaban J connectivity index is 1.40. The molecule has 3 atom stereocenters. The van der Waals surface area contributed by atoms with Gasteiger partial charge in [-0.25, -0.2) is 0 Å². The Bertz CT molecular complexity index is 575. The molecule has 1 amide bonds. The van der Waals surface area contributed by atoms with Crippen molar-refractivity contribution in [1.29, 1.82) is 0 Å². The van der Waals surface area contributed by atoms with Gasteiger partial charge in [-0.3, -0.25) is 9.59 Å². The second-order valence-corrected chi connectivity index (χ2v) is 7.60. The maximum atomic E-state index is 11.9. The highest BCUT2D eigenvalue weighted by Crippen LogP contribution is 2.49. The Morgan fingerprint density at radius 3 is 2.82 bits per heavy atom. The first-order chi connectivity index (χ1) is 10.6. The summed E-state index contributed by atoms with van der Waals surface area (Å²) in [5.41, 5.74) is 0.723. The summed E-state index contributed by atoms with van der Waals surface area (Å²) in [6.45, 7) is -0.203. The summed E-state index contributed by atoms with van der Waals surface area (Å²) in [5, 5.41) is 2.74. The molecule has 2 aliphatic carbocycles. The van der Waals surface area contributed by atoms with Gasteiger partial charge < -0.3 is 10.1 Å². The maximum Gasteiger partial charge on any atom is 0.306 e. The van der Waals surface area contributed by atoms with Crippen LogP contribution in [0.15, 0.2) is 24.3 Å². The highest BCUT2D eigenvalue weighted by Gasteiger charge is 2.40. The molecule has 2 fully saturated rings. The molecule has 0 aromatic heterocycles. The molecule has 0 spiro atoms. The SMILES string of the molecule is O=C(COC(=O)C[C@H]1C[C@@H]2CC[C@@H]1C2)Nc1cccc(I)c1. The number of carbonyl (C=O) groups excluding carboxylic acids is 2. The Morgan fingerprint density at radius 1 is 1.27 bits per heavy atom. The van der Waals surface area contributed by atoms with Gasteiger partial charge in [-0.05, 0) is 77.8 Å². The minimum atomic E-state index is -0.289. The van der Waals surface area contributed by atoms with Crippen LogP contribution in [0.4, 0.5) is 5.69 Å². The molecule has 118 valence electrons. The highest BCUT2D eigenvalue weighted by molar-refractivity contribution is 14.1. The van der Waals surface area contributed by atoms with Crippen molar-refractivity contribution in [2.24, 2.45) is 17.8 Å². The molecule has 4 nitrogen and oxygen atoms in total. The third kappa shape index (κ3) is 4.00. The fraction of sp³-hybridized carbons (Fsp3) is 0.529. The van der Waals surface area contributed by atoms with Crippen LogP contribution in [0.2, 0.25) is 0 Å². The molecule has 0 radical (unpaired) electrons. The number of benzene rings is 1. The van der Waals surface area contributed by atoms with Crippen molar-refractivity contribution in [2.75, 3.05) is 11.9 Å². The van der Waals surface area contributed by atoms with Crippen molar-refractivity contribution in [1.82, 2.24) is 0 Å². The van der Waals surface area contributed by atoms with Crippen molar-refractivity contribution in [3.05, 3.63) is 27.8 Å². The van der Waals surface area contributed by atoms with Crippen LogP contribution in [0.3, 0.4) is 0 Å². The second kappa shape index (κ2) is 6.98. The number of anilines is 1. The summed E-state index contributed by atoms with van der Waals surface area (Å²) < 4.78 is 6.17. The zero-order valence-electron chi connectivity index (χ0n) is 12.4. The van der Waals surface area contributed by atoms with E-state index in [-0.39, 0.29) is 18.5 Å². The van der Waals surface area contributed by atoms with Gasteiger partial charge in [0.2, 0.25) is 0 Å². The Hall–Kier alpha value is -1.11. The highest BCUT2D eigenvalue weighted by atomic mass is 127. The molecule has 1 N–H and O–H groups in total. The lowest BCUT2D eigenvalue weighted by Gasteiger charge is -2.20. The van der Waals surface area contributed by atoms with Crippen LogP contribution >= 0.6 is 22.6 Å². The van der Waals surface area contributed by atoms with Gasteiger partial charge in [0, 0.05) is 15.7 Å². The standard InChI is InChI=1S/C17H20INO3/c18-14-2-1-3-15(9-14)19-16(20)10-22-17(21)8-13-7-11-4-5-12(13)6-11/h1-3,9,11-13H,4-8,10H2,(H,19,20)/t11-,12-,13-/m1/s1. The van der Waals surface area contributed by atoms with E-state index in [1.165, 1.54) is 19.3 Å². The molecule has 2 bridgehead atoms. The van der Waals surface area contributed by atoms with Crippen LogP contribution in [-0.2, 0) is 14.3 Å². The fourth-order valence-electron chi connectivity index (χ4n) is 3.81. The van der Waals surface area contributed by atoms with Crippen molar-refractivity contribution >= 4 is 40.2 Å². The van der Waals surface area contributed by atoms with Gasteiger partial charge in [-0.2, -0.15) is 0 Å². The van der Waals surface area contributed by atoms with E-state index in [2.05, 4.69) is 27.9 Å². The van der Waals surface area contributed by atoms with Crippen molar-refractivity contribution in [3.63, 3.8) is 0 Å². The Morgan fingerprint density at radius 2 is 2.14 bits per heavy atom. The minimum absolute atomic E-state index is 0.203. The van der Waals surface area contributed by atoms with Crippen molar-refractivity contribution < 1.29 is 14.3 Å². The average Bonchev–Trinajstić information content (AvgIpc) is 3.08. The van der Waals surface area contributed by atoms with E-state index >= 15 is 0 Å². The molecule has 0 aliphatic heterocycles. The lowest BCUT2D eigenvalue weighted by atomic mass is 9.86. The number of nitrogens with one attached hydrogen (secondary N) is 1. The van der Waals surface area contributed by atoms with Crippen molar-refractivity contribution in [3.8, 4) is 0 Å². The topological polar surface area (TPSA) is 55.4 Å². The zero-order valence-corrected chi connectivity index (χ0v) is 14.5. The van der Waals surface area contributed by atoms with Gasteiger partial charge in [0.25, 0.3) is 5.91 Å². The molecule has 2 saturated carbocycles. The van der Waals surface area contributed by atoms with Gasteiger partial charge in [-0.15, -0.1) is 0 Å². The molecule has 0 unspecified atom stereocenters. The van der Waals surface area contributed by atoms with Gasteiger partial charge >= 0.3 is 5.97 Å². The lowest BCUT2D eigenvalue weighted by molar-refractivity contribution is -0.148. The largest absolute Gasteiger partial charge is 0.456 e. The molecule has 3 rings (SSSR count). The number of carbonyl (C=O) groups is 2. The summed E-state index contributed by atoms with van der Waals surface area (Å²) in [7, 11) is 0. The van der Waals surface area contributed by atoms with E-state index in [1.807, 2.05) is 24.3 Å². The molecule has 0 heterocycles. The molecule has 2 aliphatic rings. The average molecular weight is 413 g/mol. The van der Waals surface area contributed by atoms with E-state index in [0.29, 0.717) is 18.3 Å². The third-order valence-corrected chi connectivity index (χ3v) is 5.46. The number of ether oxygens (including phenoxy) is 1. The van der Waals surface area contributed by atoms with E-state index in [0.717, 1.165) is 21.6 Å². The number of fused-ring (bicyclic) bond motifs is 2. The molecule has 22 heavy (non-hydrogen) atoms. The van der Waals surface area contributed by atoms with Gasteiger partial charge in [-0.1, -0.05) is 12.5 Å². The van der Waals surface area contributed by atoms with Crippen LogP contribution in [0.5, 0.6) is 0 Å². The minimum Gasteiger partial charge on any atom is -0.456 e. The zero-order chi connectivity index (χ0) is 15.5. The Labute approximate surface area is 144 Å². The monoisotopic (exact) mass is 413 g/mol. The molecule has 0 saturated heterocycles. The van der Waals surface area contributed by atoms with Crippen LogP contribution in [-0.4, -0.2) is 18.5 Å². The fourth-order valence-corrected chi connectivity index (χ4v) is 4.35. The maximum absolute atomic E-state index is 11.9. The summed E-state index contributed by atoms with van der Waals surface area (Å²) >= 11 is 2.18. The van der Waals surface area contributed by atoms with E-state index < -0.39 is 0 Å². The third-order valence-electron chi connectivity index (χ3n) is 4.79. The number of halogens is 1. The summed E-state index contributed by atoms with van der Waals surface area (Å²) in [5.74, 6) is 1.48. The summed E-state index contributed by atoms with van der Waals surface area (Å²) in [4.78, 5) is 23.7. The summed E-state index contributed by atoms with van der Waals surface area (Å²) in [6.07, 6.45) is 5.50. The number of hydrogen-bond donors (Lipinski definition) is 1. The number of hydrogen-bond acceptors (Lipinski definition) is 3. The van der Waals surface area contributed by atoms with Gasteiger partial charge in [0.15, 0.2) is 6.61 Å². The van der Waals surface area contributed by atoms with Crippen LogP contribution in [0.1, 0.15) is 32.1 Å². The number of esters is 1. The first-order valence-corrected chi connectivity index (χ1v) is 8.89. The molecular formula is C17H20INO3. The predicted octanol–water partition coefficient (Wildman–Crippen LogP) is 3.60. The molecule has 5 heteroatoms. The van der Waals surface area contributed by atoms with Crippen LogP contribution < -0.4 is 5.32 Å². The second-order valence-electron chi connectivity index (χ2n) is 6.36. The molecule has 1 aromatic carbocycles. The summed E-state index contributed by atoms with van der Waals surface area (Å²) in [6, 6.07) is 7.51. The van der Waals surface area contributed by atoms with Crippen molar-refractivity contribution in [2.45, 2.75) is 32.1 Å². The van der Waals surface area contributed by atoms with Gasteiger partial charge in [0.1, 0.15) is 0 Å². The smallest absolute Gasteiger partial charge is 0.306 e. The first-order valence-electron chi connectivity index (χ1n) is 7.81. The van der Waals surface area contributed by atoms with E-state index in [1.54, 1.807) is 0 Å². The van der Waals surface area contributed by atoms with Gasteiger partial charge in [0.05, 0.1) is 0 Å². The molecular weight excluding hydrogens is 393 g/mol. The quantitative estimate of drug-likeness (QED) is 0.593. The normalized spacial score (nSPS) is 26.0.